The zero-order chi connectivity index (χ0) is 15.6. The highest BCUT2D eigenvalue weighted by Gasteiger charge is 2.33. The van der Waals surface area contributed by atoms with Crippen molar-refractivity contribution in [3.63, 3.8) is 0 Å². The van der Waals surface area contributed by atoms with E-state index in [9.17, 15) is 0 Å². The molecule has 1 unspecified atom stereocenters. The summed E-state index contributed by atoms with van der Waals surface area (Å²) in [5, 5.41) is 0. The normalized spacial score (nSPS) is 22.8. The Bertz CT molecular complexity index is 600. The lowest BCUT2D eigenvalue weighted by Crippen LogP contribution is -2.42. The molecule has 5 heteroatoms. The van der Waals surface area contributed by atoms with Gasteiger partial charge in [0.25, 0.3) is 0 Å². The van der Waals surface area contributed by atoms with E-state index in [1.54, 1.807) is 0 Å². The van der Waals surface area contributed by atoms with Gasteiger partial charge in [-0.15, -0.1) is 11.6 Å². The van der Waals surface area contributed by atoms with Crippen LogP contribution in [0.25, 0.3) is 0 Å². The summed E-state index contributed by atoms with van der Waals surface area (Å²) in [6, 6.07) is 0.551. The Labute approximate surface area is 147 Å². The number of fused-ring (bicyclic) bond motifs is 3. The molecule has 1 saturated carbocycles. The summed E-state index contributed by atoms with van der Waals surface area (Å²) in [4.78, 5) is 12.5. The first kappa shape index (κ1) is 15.8. The van der Waals surface area contributed by atoms with Crippen molar-refractivity contribution in [2.45, 2.75) is 56.2 Å². The maximum absolute atomic E-state index is 5.80. The molecular weight excluding hydrogens is 326 g/mol. The molecule has 1 aromatic heterocycles. The molecule has 0 saturated heterocycles. The highest BCUT2D eigenvalue weighted by atomic mass is 35.5. The number of hydrogen-bond acceptors (Lipinski definition) is 4. The number of nitrogens with zero attached hydrogens (tertiary/aromatic N) is 3. The van der Waals surface area contributed by atoms with Crippen LogP contribution < -0.4 is 4.90 Å². The van der Waals surface area contributed by atoms with Crippen LogP contribution in [0.15, 0.2) is 12.2 Å². The molecule has 4 rings (SSSR count). The summed E-state index contributed by atoms with van der Waals surface area (Å²) in [6.45, 7) is 1.11. The first-order valence-electron chi connectivity index (χ1n) is 8.83. The van der Waals surface area contributed by atoms with Gasteiger partial charge in [-0.3, -0.25) is 0 Å². The predicted molar refractivity (Wildman–Crippen MR) is 98.7 cm³/mol. The first-order chi connectivity index (χ1) is 11.4. The highest BCUT2D eigenvalue weighted by Crippen LogP contribution is 2.41. The Hall–Kier alpha value is -0.740. The molecule has 3 heterocycles. The van der Waals surface area contributed by atoms with Crippen molar-refractivity contribution >= 4 is 29.2 Å². The van der Waals surface area contributed by atoms with Crippen LogP contribution in [0.2, 0.25) is 0 Å². The summed E-state index contributed by atoms with van der Waals surface area (Å²) in [7, 11) is 0. The Morgan fingerprint density at radius 3 is 3.00 bits per heavy atom. The van der Waals surface area contributed by atoms with E-state index in [0.29, 0.717) is 12.0 Å². The van der Waals surface area contributed by atoms with Gasteiger partial charge in [0.05, 0.1) is 5.69 Å². The van der Waals surface area contributed by atoms with E-state index in [-0.39, 0.29) is 0 Å². The molecule has 1 aliphatic carbocycles. The second-order valence-electron chi connectivity index (χ2n) is 6.72. The monoisotopic (exact) mass is 349 g/mol. The molecule has 0 spiro atoms. The summed E-state index contributed by atoms with van der Waals surface area (Å²) < 4.78 is 0. The van der Waals surface area contributed by atoms with Crippen LogP contribution in [0.3, 0.4) is 0 Å². The van der Waals surface area contributed by atoms with Crippen molar-refractivity contribution in [3.05, 3.63) is 29.2 Å². The number of halogens is 1. The molecule has 124 valence electrons. The lowest BCUT2D eigenvalue weighted by molar-refractivity contribution is 0.570. The zero-order valence-electron chi connectivity index (χ0n) is 13.5. The van der Waals surface area contributed by atoms with Crippen molar-refractivity contribution in [1.82, 2.24) is 9.97 Å². The van der Waals surface area contributed by atoms with Crippen LogP contribution in [0, 0.1) is 0 Å². The summed E-state index contributed by atoms with van der Waals surface area (Å²) >= 11 is 7.76. The van der Waals surface area contributed by atoms with E-state index < -0.39 is 0 Å². The van der Waals surface area contributed by atoms with Crippen molar-refractivity contribution in [1.29, 1.82) is 0 Å². The van der Waals surface area contributed by atoms with Crippen LogP contribution in [-0.2, 0) is 12.2 Å². The molecule has 3 aliphatic rings. The third-order valence-electron chi connectivity index (χ3n) is 4.95. The predicted octanol–water partition coefficient (Wildman–Crippen LogP) is 4.30. The van der Waals surface area contributed by atoms with Gasteiger partial charge in [-0.25, -0.2) is 9.97 Å². The van der Waals surface area contributed by atoms with Crippen molar-refractivity contribution in [3.8, 4) is 0 Å². The van der Waals surface area contributed by atoms with Gasteiger partial charge in [0, 0.05) is 35.7 Å². The minimum Gasteiger partial charge on any atom is -0.350 e. The van der Waals surface area contributed by atoms with Gasteiger partial charge in [-0.05, 0) is 44.3 Å². The van der Waals surface area contributed by atoms with Crippen LogP contribution in [0.5, 0.6) is 0 Å². The maximum atomic E-state index is 5.80. The molecule has 0 bridgehead atoms. The van der Waals surface area contributed by atoms with Gasteiger partial charge < -0.3 is 4.90 Å². The Balaban J connectivity index is 1.63. The highest BCUT2D eigenvalue weighted by molar-refractivity contribution is 7.98. The number of alkyl halides is 1. The van der Waals surface area contributed by atoms with Gasteiger partial charge in [0.1, 0.15) is 11.6 Å². The fourth-order valence-corrected chi connectivity index (χ4v) is 4.76. The Morgan fingerprint density at radius 2 is 2.17 bits per heavy atom. The van der Waals surface area contributed by atoms with E-state index in [1.165, 1.54) is 36.3 Å². The smallest absolute Gasteiger partial charge is 0.136 e. The molecule has 0 N–H and O–H groups in total. The average Bonchev–Trinajstić information content (AvgIpc) is 3.43. The van der Waals surface area contributed by atoms with Gasteiger partial charge in [-0.1, -0.05) is 12.2 Å². The SMILES string of the molecule is ClCCCSCc1nc(C2CC2)nc2c1CCC1C=CCCN21. The van der Waals surface area contributed by atoms with Crippen LogP contribution in [0.4, 0.5) is 5.82 Å². The minimum atomic E-state index is 0.551. The van der Waals surface area contributed by atoms with Gasteiger partial charge >= 0.3 is 0 Å². The summed E-state index contributed by atoms with van der Waals surface area (Å²) in [5.41, 5.74) is 2.71. The first-order valence-corrected chi connectivity index (χ1v) is 10.5. The van der Waals surface area contributed by atoms with Gasteiger partial charge in [-0.2, -0.15) is 11.8 Å². The zero-order valence-corrected chi connectivity index (χ0v) is 15.1. The summed E-state index contributed by atoms with van der Waals surface area (Å²) in [6.07, 6.45) is 11.8. The fraction of sp³-hybridized carbons (Fsp3) is 0.667. The van der Waals surface area contributed by atoms with Crippen LogP contribution >= 0.6 is 23.4 Å². The number of aromatic nitrogens is 2. The molecule has 1 aromatic rings. The van der Waals surface area contributed by atoms with Crippen molar-refractivity contribution < 1.29 is 0 Å². The average molecular weight is 350 g/mol. The summed E-state index contributed by atoms with van der Waals surface area (Å²) in [5.74, 6) is 5.85. The third-order valence-corrected chi connectivity index (χ3v) is 6.27. The maximum Gasteiger partial charge on any atom is 0.136 e. The standard InChI is InChI=1S/C18H24ClN3S/c19-9-3-11-23-12-16-15-8-7-14-4-1-2-10-22(14)18(15)21-17(20-16)13-5-6-13/h1,4,13-14H,2-3,5-12H2. The Kier molecular flexibility index (Phi) is 4.81. The molecule has 0 amide bonds. The van der Waals surface area contributed by atoms with Gasteiger partial charge in [0.15, 0.2) is 0 Å². The molecule has 23 heavy (non-hydrogen) atoms. The fourth-order valence-electron chi connectivity index (χ4n) is 3.54. The third kappa shape index (κ3) is 3.39. The number of hydrogen-bond donors (Lipinski definition) is 0. The van der Waals surface area contributed by atoms with Crippen LogP contribution in [-0.4, -0.2) is 34.2 Å². The Morgan fingerprint density at radius 1 is 1.26 bits per heavy atom. The van der Waals surface area contributed by atoms with E-state index >= 15 is 0 Å². The quantitative estimate of drug-likeness (QED) is 0.435. The molecule has 3 nitrogen and oxygen atoms in total. The largest absolute Gasteiger partial charge is 0.350 e. The minimum absolute atomic E-state index is 0.551. The van der Waals surface area contributed by atoms with E-state index in [1.807, 2.05) is 11.8 Å². The van der Waals surface area contributed by atoms with Gasteiger partial charge in [0.2, 0.25) is 0 Å². The van der Waals surface area contributed by atoms with E-state index in [2.05, 4.69) is 17.1 Å². The molecular formula is C18H24ClN3S. The number of thioether (sulfide) groups is 1. The molecule has 2 aliphatic heterocycles. The number of anilines is 1. The van der Waals surface area contributed by atoms with E-state index in [0.717, 1.165) is 49.0 Å². The second kappa shape index (κ2) is 7.02. The van der Waals surface area contributed by atoms with Crippen LogP contribution in [0.1, 0.15) is 55.1 Å². The lowest BCUT2D eigenvalue weighted by atomic mass is 9.94. The number of rotatable bonds is 6. The van der Waals surface area contributed by atoms with Crippen molar-refractivity contribution in [2.75, 3.05) is 23.1 Å². The topological polar surface area (TPSA) is 29.0 Å². The second-order valence-corrected chi connectivity index (χ2v) is 8.20. The lowest BCUT2D eigenvalue weighted by Gasteiger charge is -2.39. The molecule has 1 atom stereocenters. The molecule has 0 radical (unpaired) electrons. The van der Waals surface area contributed by atoms with Crippen molar-refractivity contribution in [2.24, 2.45) is 0 Å². The van der Waals surface area contributed by atoms with E-state index in [4.69, 9.17) is 21.6 Å². The molecule has 0 aromatic carbocycles. The molecule has 1 fully saturated rings.